The average molecular weight is 201 g/mol. The van der Waals surface area contributed by atoms with Crippen LogP contribution in [0.25, 0.3) is 0 Å². The number of aromatic nitrogens is 3. The number of hydrogen-bond acceptors (Lipinski definition) is 5. The van der Waals surface area contributed by atoms with Crippen molar-refractivity contribution in [3.05, 3.63) is 0 Å². The zero-order chi connectivity index (χ0) is 9.84. The van der Waals surface area contributed by atoms with Crippen LogP contribution in [-0.4, -0.2) is 33.6 Å². The number of nitrogen functional groups attached to an aromatic ring is 1. The van der Waals surface area contributed by atoms with Crippen molar-refractivity contribution in [2.45, 2.75) is 12.1 Å². The van der Waals surface area contributed by atoms with Gasteiger partial charge in [-0.2, -0.15) is 4.98 Å². The first kappa shape index (κ1) is 9.85. The van der Waals surface area contributed by atoms with Gasteiger partial charge in [0, 0.05) is 6.54 Å². The highest BCUT2D eigenvalue weighted by atomic mass is 32.2. The molecule has 0 saturated carbocycles. The Labute approximate surface area is 79.9 Å². The molecule has 3 N–H and O–H groups in total. The summed E-state index contributed by atoms with van der Waals surface area (Å²) in [4.78, 5) is 15.1. The summed E-state index contributed by atoms with van der Waals surface area (Å²) in [5, 5.41) is 6.94. The van der Waals surface area contributed by atoms with Crippen LogP contribution in [0, 0.1) is 0 Å². The van der Waals surface area contributed by atoms with E-state index < -0.39 is 0 Å². The molecule has 0 fully saturated rings. The zero-order valence-corrected chi connectivity index (χ0v) is 8.26. The van der Waals surface area contributed by atoms with Crippen molar-refractivity contribution in [2.24, 2.45) is 0 Å². The maximum Gasteiger partial charge on any atom is 0.345 e. The van der Waals surface area contributed by atoms with Crippen LogP contribution in [0.4, 0.5) is 10.7 Å². The van der Waals surface area contributed by atoms with Crippen LogP contribution in [-0.2, 0) is 0 Å². The van der Waals surface area contributed by atoms with Crippen LogP contribution < -0.4 is 11.1 Å². The summed E-state index contributed by atoms with van der Waals surface area (Å²) >= 11 is 1.34. The number of carbonyl (C=O) groups is 1. The Morgan fingerprint density at radius 3 is 2.92 bits per heavy atom. The van der Waals surface area contributed by atoms with Gasteiger partial charge in [-0.3, -0.25) is 0 Å². The number of nitrogens with one attached hydrogen (secondary N) is 1. The molecule has 0 radical (unpaired) electrons. The number of hydrogen-bond donors (Lipinski definition) is 2. The van der Waals surface area contributed by atoms with Crippen LogP contribution in [0.1, 0.15) is 6.92 Å². The monoisotopic (exact) mass is 201 g/mol. The molecule has 0 aromatic carbocycles. The molecule has 1 amide bonds. The third-order valence-corrected chi connectivity index (χ3v) is 1.85. The second kappa shape index (κ2) is 4.13. The Bertz CT molecular complexity index is 310. The Hall–Kier alpha value is -1.24. The van der Waals surface area contributed by atoms with Crippen LogP contribution in [0.3, 0.4) is 0 Å². The minimum atomic E-state index is -0.354. The van der Waals surface area contributed by atoms with Crippen molar-refractivity contribution >= 4 is 23.7 Å². The quantitative estimate of drug-likeness (QED) is 0.666. The van der Waals surface area contributed by atoms with Gasteiger partial charge in [0.15, 0.2) is 0 Å². The van der Waals surface area contributed by atoms with Gasteiger partial charge in [-0.25, -0.2) is 4.79 Å². The van der Waals surface area contributed by atoms with E-state index in [1.54, 1.807) is 0 Å². The Morgan fingerprint density at radius 1 is 1.77 bits per heavy atom. The summed E-state index contributed by atoms with van der Waals surface area (Å²) in [5.41, 5.74) is 5.46. The summed E-state index contributed by atoms with van der Waals surface area (Å²) in [7, 11) is 0. The average Bonchev–Trinajstić information content (AvgIpc) is 2.47. The highest BCUT2D eigenvalue weighted by Gasteiger charge is 2.11. The van der Waals surface area contributed by atoms with Crippen LogP contribution in [0.5, 0.6) is 0 Å². The minimum absolute atomic E-state index is 0.107. The van der Waals surface area contributed by atoms with E-state index in [1.807, 2.05) is 13.2 Å². The molecule has 0 aliphatic rings. The molecule has 1 rings (SSSR count). The molecule has 13 heavy (non-hydrogen) atoms. The first-order valence-corrected chi connectivity index (χ1v) is 4.96. The highest BCUT2D eigenvalue weighted by Crippen LogP contribution is 2.10. The normalized spacial score (nSPS) is 10.0. The van der Waals surface area contributed by atoms with Crippen molar-refractivity contribution in [2.75, 3.05) is 18.5 Å². The molecular formula is C6H11N5OS. The number of nitrogens with two attached hydrogens (primary N) is 1. The number of carbonyl (C=O) groups excluding carboxylic acids is 1. The topological polar surface area (TPSA) is 85.8 Å². The van der Waals surface area contributed by atoms with Gasteiger partial charge in [-0.1, -0.05) is 11.8 Å². The van der Waals surface area contributed by atoms with E-state index >= 15 is 0 Å². The number of anilines is 1. The predicted octanol–water partition coefficient (Wildman–Crippen LogP) is 0.160. The second-order valence-corrected chi connectivity index (χ2v) is 2.98. The van der Waals surface area contributed by atoms with E-state index in [2.05, 4.69) is 15.4 Å². The maximum atomic E-state index is 11.3. The number of amides is 1. The molecule has 0 saturated heterocycles. The van der Waals surface area contributed by atoms with Gasteiger partial charge < -0.3 is 11.1 Å². The molecule has 0 unspecified atom stereocenters. The lowest BCUT2D eigenvalue weighted by atomic mass is 10.7. The summed E-state index contributed by atoms with van der Waals surface area (Å²) in [5.74, 6) is 0.107. The van der Waals surface area contributed by atoms with Crippen LogP contribution in [0.15, 0.2) is 5.16 Å². The smallest absolute Gasteiger partial charge is 0.345 e. The Balaban J connectivity index is 2.87. The molecule has 0 spiro atoms. The maximum absolute atomic E-state index is 11.3. The number of nitrogens with zero attached hydrogens (tertiary/aromatic N) is 3. The molecule has 1 aromatic heterocycles. The van der Waals surface area contributed by atoms with E-state index in [-0.39, 0.29) is 12.0 Å². The molecule has 1 aromatic rings. The van der Waals surface area contributed by atoms with Gasteiger partial charge in [0.2, 0.25) is 11.1 Å². The lowest BCUT2D eigenvalue weighted by Gasteiger charge is -2.00. The van der Waals surface area contributed by atoms with Gasteiger partial charge in [-0.15, -0.1) is 9.78 Å². The van der Waals surface area contributed by atoms with Crippen molar-refractivity contribution < 1.29 is 4.79 Å². The first-order valence-electron chi connectivity index (χ1n) is 3.73. The minimum Gasteiger partial charge on any atom is -0.368 e. The van der Waals surface area contributed by atoms with E-state index in [4.69, 9.17) is 5.73 Å². The lowest BCUT2D eigenvalue weighted by molar-refractivity contribution is 0.240. The SMILES string of the molecule is CCNC(=O)n1nc(SC)nc1N. The fraction of sp³-hybridized carbons (Fsp3) is 0.500. The summed E-state index contributed by atoms with van der Waals surface area (Å²) < 4.78 is 1.05. The number of thioether (sulfide) groups is 1. The lowest BCUT2D eigenvalue weighted by Crippen LogP contribution is -2.30. The van der Waals surface area contributed by atoms with Gasteiger partial charge in [0.05, 0.1) is 0 Å². The molecule has 72 valence electrons. The first-order chi connectivity index (χ1) is 6.19. The zero-order valence-electron chi connectivity index (χ0n) is 7.44. The predicted molar refractivity (Wildman–Crippen MR) is 50.7 cm³/mol. The van der Waals surface area contributed by atoms with Crippen molar-refractivity contribution in [1.29, 1.82) is 0 Å². The van der Waals surface area contributed by atoms with Gasteiger partial charge in [-0.05, 0) is 13.2 Å². The van der Waals surface area contributed by atoms with E-state index in [0.29, 0.717) is 11.7 Å². The largest absolute Gasteiger partial charge is 0.368 e. The Morgan fingerprint density at radius 2 is 2.46 bits per heavy atom. The summed E-state index contributed by atoms with van der Waals surface area (Å²) in [6.07, 6.45) is 1.82. The molecule has 0 aliphatic heterocycles. The Kier molecular flexibility index (Phi) is 3.13. The highest BCUT2D eigenvalue weighted by molar-refractivity contribution is 7.98. The molecule has 1 heterocycles. The molecular weight excluding hydrogens is 190 g/mol. The molecule has 0 aliphatic carbocycles. The molecule has 0 atom stereocenters. The van der Waals surface area contributed by atoms with Crippen molar-refractivity contribution in [3.8, 4) is 0 Å². The van der Waals surface area contributed by atoms with Crippen LogP contribution >= 0.6 is 11.8 Å². The van der Waals surface area contributed by atoms with E-state index in [9.17, 15) is 4.79 Å². The van der Waals surface area contributed by atoms with Gasteiger partial charge in [0.25, 0.3) is 0 Å². The third-order valence-electron chi connectivity index (χ3n) is 1.32. The second-order valence-electron chi connectivity index (χ2n) is 2.20. The summed E-state index contributed by atoms with van der Waals surface area (Å²) in [6, 6.07) is -0.354. The third kappa shape index (κ3) is 2.11. The standard InChI is InChI=1S/C6H11N5OS/c1-3-8-6(12)11-4(7)9-5(10-11)13-2/h3H2,1-2H3,(H,8,12)(H2,7,9,10). The molecule has 7 heteroatoms. The van der Waals surface area contributed by atoms with Gasteiger partial charge >= 0.3 is 6.03 Å². The van der Waals surface area contributed by atoms with Crippen molar-refractivity contribution in [1.82, 2.24) is 20.1 Å². The van der Waals surface area contributed by atoms with Gasteiger partial charge in [0.1, 0.15) is 0 Å². The molecule has 6 nitrogen and oxygen atoms in total. The fourth-order valence-electron chi connectivity index (χ4n) is 0.767. The van der Waals surface area contributed by atoms with Crippen LogP contribution in [0.2, 0.25) is 0 Å². The van der Waals surface area contributed by atoms with Crippen molar-refractivity contribution in [3.63, 3.8) is 0 Å². The fourth-order valence-corrected chi connectivity index (χ4v) is 1.11. The molecule has 0 bridgehead atoms. The van der Waals surface area contributed by atoms with E-state index in [0.717, 1.165) is 4.68 Å². The summed E-state index contributed by atoms with van der Waals surface area (Å²) in [6.45, 7) is 2.35. The number of rotatable bonds is 2. The van der Waals surface area contributed by atoms with E-state index in [1.165, 1.54) is 11.8 Å².